The number of nitrogens with zero attached hydrogens (tertiary/aromatic N) is 1. The van der Waals surface area contributed by atoms with Crippen LogP contribution in [0.25, 0.3) is 0 Å². The van der Waals surface area contributed by atoms with Gasteiger partial charge < -0.3 is 20.7 Å². The van der Waals surface area contributed by atoms with Gasteiger partial charge in [0.05, 0.1) is 18.6 Å². The van der Waals surface area contributed by atoms with Gasteiger partial charge in [-0.2, -0.15) is 0 Å². The van der Waals surface area contributed by atoms with E-state index >= 15 is 0 Å². The molecule has 21 heavy (non-hydrogen) atoms. The first kappa shape index (κ1) is 17.0. The van der Waals surface area contributed by atoms with E-state index in [0.717, 1.165) is 25.0 Å². The maximum absolute atomic E-state index is 11.6. The molecule has 2 amide bonds. The number of rotatable bonds is 10. The van der Waals surface area contributed by atoms with Crippen LogP contribution >= 0.6 is 0 Å². The molecule has 0 aliphatic rings. The molecule has 0 aliphatic carbocycles. The number of aromatic nitrogens is 2. The smallest absolute Gasteiger partial charge is 0.315 e. The van der Waals surface area contributed by atoms with E-state index in [0.29, 0.717) is 25.4 Å². The van der Waals surface area contributed by atoms with Crippen molar-refractivity contribution in [2.45, 2.75) is 45.6 Å². The molecule has 0 spiro atoms. The molecule has 4 N–H and O–H groups in total. The molecule has 1 unspecified atom stereocenters. The summed E-state index contributed by atoms with van der Waals surface area (Å²) in [5, 5.41) is 14.2. The number of hydrogen-bond acceptors (Lipinski definition) is 3. The summed E-state index contributed by atoms with van der Waals surface area (Å²) in [7, 11) is 0. The number of urea groups is 1. The molecule has 1 aromatic heterocycles. The van der Waals surface area contributed by atoms with Crippen LogP contribution in [0.15, 0.2) is 12.5 Å². The normalized spacial score (nSPS) is 11.9. The molecule has 7 nitrogen and oxygen atoms in total. The number of carboxylic acids is 1. The van der Waals surface area contributed by atoms with E-state index in [9.17, 15) is 9.59 Å². The van der Waals surface area contributed by atoms with Gasteiger partial charge in [0, 0.05) is 19.2 Å². The van der Waals surface area contributed by atoms with Gasteiger partial charge >= 0.3 is 12.0 Å². The number of carbonyl (C=O) groups excluding carboxylic acids is 1. The van der Waals surface area contributed by atoms with E-state index < -0.39 is 5.97 Å². The van der Waals surface area contributed by atoms with Crippen LogP contribution in [0.5, 0.6) is 0 Å². The van der Waals surface area contributed by atoms with Crippen LogP contribution in [-0.2, 0) is 11.3 Å². The zero-order valence-corrected chi connectivity index (χ0v) is 12.4. The minimum absolute atomic E-state index is 0.191. The maximum Gasteiger partial charge on any atom is 0.315 e. The standard InChI is InChI=1S/C14H24N4O3/c1-2-3-11(4-5-13(19)20)6-7-16-14(21)17-9-12-8-15-10-18-12/h8,10-11H,2-7,9H2,1H3,(H,15,18)(H,19,20)(H2,16,17,21). The molecule has 0 radical (unpaired) electrons. The molecular formula is C14H24N4O3. The van der Waals surface area contributed by atoms with Crippen LogP contribution < -0.4 is 10.6 Å². The lowest BCUT2D eigenvalue weighted by atomic mass is 9.94. The Bertz CT molecular complexity index is 420. The molecule has 118 valence electrons. The molecule has 0 bridgehead atoms. The summed E-state index contributed by atoms with van der Waals surface area (Å²) in [6.45, 7) is 3.04. The minimum Gasteiger partial charge on any atom is -0.481 e. The Hall–Kier alpha value is -2.05. The Kier molecular flexibility index (Phi) is 7.93. The van der Waals surface area contributed by atoms with E-state index in [-0.39, 0.29) is 12.5 Å². The van der Waals surface area contributed by atoms with Crippen molar-refractivity contribution in [3.63, 3.8) is 0 Å². The third-order valence-corrected chi connectivity index (χ3v) is 3.30. The van der Waals surface area contributed by atoms with Crippen LogP contribution in [0.4, 0.5) is 4.79 Å². The van der Waals surface area contributed by atoms with Gasteiger partial charge in [0.2, 0.25) is 0 Å². The number of amides is 2. The lowest BCUT2D eigenvalue weighted by Gasteiger charge is -2.15. The Morgan fingerprint density at radius 3 is 2.76 bits per heavy atom. The highest BCUT2D eigenvalue weighted by molar-refractivity contribution is 5.73. The number of aromatic amines is 1. The van der Waals surface area contributed by atoms with Crippen molar-refractivity contribution in [2.75, 3.05) is 6.54 Å². The van der Waals surface area contributed by atoms with Crippen LogP contribution in [0.2, 0.25) is 0 Å². The summed E-state index contributed by atoms with van der Waals surface area (Å²) >= 11 is 0. The topological polar surface area (TPSA) is 107 Å². The summed E-state index contributed by atoms with van der Waals surface area (Å²) in [4.78, 5) is 29.0. The average molecular weight is 296 g/mol. The van der Waals surface area contributed by atoms with Gasteiger partial charge in [-0.05, 0) is 18.8 Å². The van der Waals surface area contributed by atoms with Gasteiger partial charge in [0.25, 0.3) is 0 Å². The fraction of sp³-hybridized carbons (Fsp3) is 0.643. The quantitative estimate of drug-likeness (QED) is 0.528. The van der Waals surface area contributed by atoms with Crippen LogP contribution in [0.3, 0.4) is 0 Å². The molecule has 1 rings (SSSR count). The first-order valence-electron chi connectivity index (χ1n) is 7.32. The molecule has 1 aromatic rings. The van der Waals surface area contributed by atoms with E-state index in [1.165, 1.54) is 0 Å². The van der Waals surface area contributed by atoms with Gasteiger partial charge in [-0.3, -0.25) is 4.79 Å². The third kappa shape index (κ3) is 7.96. The number of imidazole rings is 1. The lowest BCUT2D eigenvalue weighted by Crippen LogP contribution is -2.36. The number of hydrogen-bond donors (Lipinski definition) is 4. The largest absolute Gasteiger partial charge is 0.481 e. The molecule has 0 saturated carbocycles. The molecule has 0 aliphatic heterocycles. The fourth-order valence-corrected chi connectivity index (χ4v) is 2.18. The summed E-state index contributed by atoms with van der Waals surface area (Å²) in [5.74, 6) is -0.416. The van der Waals surface area contributed by atoms with Crippen molar-refractivity contribution in [3.8, 4) is 0 Å². The average Bonchev–Trinajstić information content (AvgIpc) is 2.95. The Morgan fingerprint density at radius 2 is 2.14 bits per heavy atom. The molecule has 7 heteroatoms. The summed E-state index contributed by atoms with van der Waals surface area (Å²) < 4.78 is 0. The molecular weight excluding hydrogens is 272 g/mol. The highest BCUT2D eigenvalue weighted by Gasteiger charge is 2.10. The second kappa shape index (κ2) is 9.79. The van der Waals surface area contributed by atoms with Crippen molar-refractivity contribution >= 4 is 12.0 Å². The van der Waals surface area contributed by atoms with Crippen molar-refractivity contribution in [1.29, 1.82) is 0 Å². The molecule has 1 heterocycles. The third-order valence-electron chi connectivity index (χ3n) is 3.30. The Morgan fingerprint density at radius 1 is 1.33 bits per heavy atom. The Balaban J connectivity index is 2.16. The first-order chi connectivity index (χ1) is 10.1. The molecule has 1 atom stereocenters. The maximum atomic E-state index is 11.6. The second-order valence-electron chi connectivity index (χ2n) is 5.06. The summed E-state index contributed by atoms with van der Waals surface area (Å²) in [6, 6.07) is -0.224. The highest BCUT2D eigenvalue weighted by atomic mass is 16.4. The van der Waals surface area contributed by atoms with E-state index in [2.05, 4.69) is 27.5 Å². The summed E-state index contributed by atoms with van der Waals surface area (Å²) in [6.07, 6.45) is 6.90. The van der Waals surface area contributed by atoms with Gasteiger partial charge in [-0.1, -0.05) is 19.8 Å². The van der Waals surface area contributed by atoms with Gasteiger partial charge in [0.15, 0.2) is 0 Å². The van der Waals surface area contributed by atoms with Gasteiger partial charge in [-0.25, -0.2) is 9.78 Å². The zero-order chi connectivity index (χ0) is 15.5. The first-order valence-corrected chi connectivity index (χ1v) is 7.32. The van der Waals surface area contributed by atoms with E-state index in [4.69, 9.17) is 5.11 Å². The van der Waals surface area contributed by atoms with Crippen molar-refractivity contribution in [3.05, 3.63) is 18.2 Å². The number of nitrogens with one attached hydrogen (secondary N) is 3. The van der Waals surface area contributed by atoms with Gasteiger partial charge in [0.1, 0.15) is 0 Å². The highest BCUT2D eigenvalue weighted by Crippen LogP contribution is 2.17. The Labute approximate surface area is 124 Å². The SMILES string of the molecule is CCCC(CCNC(=O)NCc1cnc[nH]1)CCC(=O)O. The van der Waals surface area contributed by atoms with Crippen LogP contribution in [0, 0.1) is 5.92 Å². The predicted molar refractivity (Wildman–Crippen MR) is 78.7 cm³/mol. The number of aliphatic carboxylic acids is 1. The number of carboxylic acid groups (broad SMARTS) is 1. The van der Waals surface area contributed by atoms with Gasteiger partial charge in [-0.15, -0.1) is 0 Å². The zero-order valence-electron chi connectivity index (χ0n) is 12.4. The monoisotopic (exact) mass is 296 g/mol. The summed E-state index contributed by atoms with van der Waals surface area (Å²) in [5.41, 5.74) is 0.843. The predicted octanol–water partition coefficient (Wildman–Crippen LogP) is 1.88. The van der Waals surface area contributed by atoms with Crippen molar-refractivity contribution < 1.29 is 14.7 Å². The molecule has 0 saturated heterocycles. The molecule has 0 fully saturated rings. The van der Waals surface area contributed by atoms with Crippen LogP contribution in [0.1, 0.15) is 44.7 Å². The second-order valence-corrected chi connectivity index (χ2v) is 5.06. The van der Waals surface area contributed by atoms with E-state index in [1.54, 1.807) is 12.5 Å². The van der Waals surface area contributed by atoms with Crippen molar-refractivity contribution in [2.24, 2.45) is 5.92 Å². The molecule has 0 aromatic carbocycles. The number of H-pyrrole nitrogens is 1. The lowest BCUT2D eigenvalue weighted by molar-refractivity contribution is -0.137. The number of carbonyl (C=O) groups is 2. The van der Waals surface area contributed by atoms with Crippen molar-refractivity contribution in [1.82, 2.24) is 20.6 Å². The fourth-order valence-electron chi connectivity index (χ4n) is 2.18. The van der Waals surface area contributed by atoms with E-state index in [1.807, 2.05) is 0 Å². The minimum atomic E-state index is -0.763. The van der Waals surface area contributed by atoms with Crippen LogP contribution in [-0.4, -0.2) is 33.6 Å².